The van der Waals surface area contributed by atoms with Crippen molar-refractivity contribution in [1.82, 2.24) is 4.90 Å². The Labute approximate surface area is 267 Å². The van der Waals surface area contributed by atoms with Gasteiger partial charge in [0.25, 0.3) is 11.8 Å². The van der Waals surface area contributed by atoms with Crippen LogP contribution in [0.5, 0.6) is 5.75 Å². The van der Waals surface area contributed by atoms with Gasteiger partial charge in [-0.15, -0.1) is 23.2 Å². The molecule has 4 aliphatic rings. The molecule has 1 saturated carbocycles. The molecule has 2 aromatic carbocycles. The summed E-state index contributed by atoms with van der Waals surface area (Å²) in [5, 5.41) is 9.85. The van der Waals surface area contributed by atoms with Gasteiger partial charge < -0.3 is 5.11 Å². The number of anilines is 1. The number of benzene rings is 2. The SMILES string of the molecule is CC(C)(C)N1C(=O)C2CC=C3C(CC4(Cl)C(=O)N(c5c(F)c(F)c(F)c(F)c5F)C(=O)C4(Cl)C3c3ccc(O)cc3Cl)C2C1=O. The molecule has 2 saturated heterocycles. The standard InChI is InChI=1S/C30H22Cl3F5N2O5/c1-28(2,3)40-24(42)13-7-6-11-14(16(13)25(40)43)9-29(32)26(44)39(23-21(37)19(35)18(34)20(36)22(23)38)27(45)30(29,33)17(11)12-5-4-10(41)8-15(12)31/h4-6,8,13-14,16-17,41H,7,9H2,1-3H3. The summed E-state index contributed by atoms with van der Waals surface area (Å²) >= 11 is 20.6. The number of carbonyl (C=O) groups excluding carboxylic acids is 4. The van der Waals surface area contributed by atoms with Gasteiger partial charge in [0.05, 0.1) is 11.8 Å². The van der Waals surface area contributed by atoms with E-state index in [9.17, 15) is 37.5 Å². The Hall–Kier alpha value is -3.22. The number of imide groups is 2. The monoisotopic (exact) mass is 690 g/mol. The molecule has 0 radical (unpaired) electrons. The number of alkyl halides is 2. The summed E-state index contributed by atoms with van der Waals surface area (Å²) in [6.07, 6.45) is 0.951. The number of aromatic hydroxyl groups is 1. The third-order valence-electron chi connectivity index (χ3n) is 9.19. The molecular weight excluding hydrogens is 670 g/mol. The second kappa shape index (κ2) is 9.89. The lowest BCUT2D eigenvalue weighted by Crippen LogP contribution is -2.60. The number of nitrogens with zero attached hydrogens (tertiary/aromatic N) is 2. The van der Waals surface area contributed by atoms with Gasteiger partial charge in [0.2, 0.25) is 17.6 Å². The maximum atomic E-state index is 15.1. The Morgan fingerprint density at radius 1 is 0.867 bits per heavy atom. The first-order valence-corrected chi connectivity index (χ1v) is 14.8. The lowest BCUT2D eigenvalue weighted by atomic mass is 9.56. The molecule has 6 unspecified atom stereocenters. The highest BCUT2D eigenvalue weighted by atomic mass is 35.5. The van der Waals surface area contributed by atoms with Crippen LogP contribution in [0.4, 0.5) is 27.6 Å². The molecule has 7 nitrogen and oxygen atoms in total. The number of phenolic OH excluding ortho intramolecular Hbond substituents is 1. The van der Waals surface area contributed by atoms with Crippen LogP contribution in [0.2, 0.25) is 5.02 Å². The fourth-order valence-corrected chi connectivity index (χ4v) is 8.53. The summed E-state index contributed by atoms with van der Waals surface area (Å²) in [7, 11) is 0. The minimum atomic E-state index is -2.70. The zero-order chi connectivity index (χ0) is 33.3. The molecule has 238 valence electrons. The van der Waals surface area contributed by atoms with Gasteiger partial charge in [0, 0.05) is 16.5 Å². The van der Waals surface area contributed by atoms with E-state index >= 15 is 8.78 Å². The van der Waals surface area contributed by atoms with Gasteiger partial charge in [0.15, 0.2) is 33.0 Å². The lowest BCUT2D eigenvalue weighted by molar-refractivity contribution is -0.145. The fraction of sp³-hybridized carbons (Fsp3) is 0.400. The zero-order valence-electron chi connectivity index (χ0n) is 23.5. The second-order valence-corrected chi connectivity index (χ2v) is 14.2. The first kappa shape index (κ1) is 31.7. The first-order valence-electron chi connectivity index (χ1n) is 13.6. The number of allylic oxidation sites excluding steroid dienone is 2. The third kappa shape index (κ3) is 3.94. The number of amides is 4. The average molecular weight is 692 g/mol. The Morgan fingerprint density at radius 2 is 1.44 bits per heavy atom. The summed E-state index contributed by atoms with van der Waals surface area (Å²) < 4.78 is 72.7. The molecule has 4 amide bonds. The Kier molecular flexibility index (Phi) is 6.98. The van der Waals surface area contributed by atoms with E-state index in [-0.39, 0.29) is 33.2 Å². The Bertz CT molecular complexity index is 1770. The highest BCUT2D eigenvalue weighted by Gasteiger charge is 2.77. The summed E-state index contributed by atoms with van der Waals surface area (Å²) in [6, 6.07) is 3.54. The van der Waals surface area contributed by atoms with Crippen LogP contribution in [0, 0.1) is 46.8 Å². The molecule has 0 bridgehead atoms. The fourth-order valence-electron chi connectivity index (χ4n) is 7.32. The molecule has 2 aliphatic heterocycles. The number of phenols is 1. The minimum absolute atomic E-state index is 0.00556. The molecule has 6 rings (SSSR count). The molecule has 15 heteroatoms. The van der Waals surface area contributed by atoms with Crippen molar-refractivity contribution in [3.05, 3.63) is 69.5 Å². The molecule has 45 heavy (non-hydrogen) atoms. The molecule has 1 N–H and O–H groups in total. The largest absolute Gasteiger partial charge is 0.508 e. The van der Waals surface area contributed by atoms with Gasteiger partial charge in [-0.2, -0.15) is 0 Å². The Morgan fingerprint density at radius 3 is 2.00 bits per heavy atom. The van der Waals surface area contributed by atoms with Gasteiger partial charge in [-0.3, -0.25) is 24.1 Å². The van der Waals surface area contributed by atoms with Crippen molar-refractivity contribution in [3.63, 3.8) is 0 Å². The summed E-state index contributed by atoms with van der Waals surface area (Å²) in [4.78, 5) is 51.2. The molecule has 3 fully saturated rings. The van der Waals surface area contributed by atoms with E-state index in [1.807, 2.05) is 0 Å². The van der Waals surface area contributed by atoms with Gasteiger partial charge >= 0.3 is 0 Å². The normalized spacial score (nSPS) is 31.3. The molecule has 0 spiro atoms. The molecule has 0 aromatic heterocycles. The number of hydrogen-bond donors (Lipinski definition) is 1. The topological polar surface area (TPSA) is 95.0 Å². The van der Waals surface area contributed by atoms with Crippen LogP contribution in [0.25, 0.3) is 0 Å². The summed E-state index contributed by atoms with van der Waals surface area (Å²) in [5.74, 6) is -21.4. The first-order chi connectivity index (χ1) is 20.8. The molecule has 6 atom stereocenters. The van der Waals surface area contributed by atoms with Crippen molar-refractivity contribution in [2.24, 2.45) is 17.8 Å². The van der Waals surface area contributed by atoms with E-state index in [4.69, 9.17) is 34.8 Å². The van der Waals surface area contributed by atoms with Crippen LogP contribution in [-0.2, 0) is 19.2 Å². The van der Waals surface area contributed by atoms with Crippen molar-refractivity contribution in [1.29, 1.82) is 0 Å². The van der Waals surface area contributed by atoms with Gasteiger partial charge in [-0.25, -0.2) is 26.9 Å². The van der Waals surface area contributed by atoms with Crippen LogP contribution in [0.3, 0.4) is 0 Å². The van der Waals surface area contributed by atoms with Crippen molar-refractivity contribution < 1.29 is 46.2 Å². The van der Waals surface area contributed by atoms with Gasteiger partial charge in [-0.05, 0) is 57.2 Å². The maximum absolute atomic E-state index is 15.1. The van der Waals surface area contributed by atoms with Gasteiger partial charge in [-0.1, -0.05) is 29.3 Å². The van der Waals surface area contributed by atoms with Crippen LogP contribution in [-0.4, -0.2) is 48.9 Å². The highest BCUT2D eigenvalue weighted by Crippen LogP contribution is 2.66. The molecule has 2 heterocycles. The van der Waals surface area contributed by atoms with Crippen molar-refractivity contribution in [2.75, 3.05) is 4.90 Å². The van der Waals surface area contributed by atoms with E-state index in [0.717, 1.165) is 11.0 Å². The van der Waals surface area contributed by atoms with Crippen LogP contribution in [0.15, 0.2) is 29.8 Å². The summed E-state index contributed by atoms with van der Waals surface area (Å²) in [5.41, 5.74) is -2.54. The van der Waals surface area contributed by atoms with E-state index < -0.39 is 104 Å². The number of hydrogen-bond acceptors (Lipinski definition) is 5. The lowest BCUT2D eigenvalue weighted by Gasteiger charge is -2.51. The Balaban J connectivity index is 1.61. The van der Waals surface area contributed by atoms with Crippen LogP contribution in [0.1, 0.15) is 45.1 Å². The average Bonchev–Trinajstić information content (AvgIpc) is 3.30. The maximum Gasteiger partial charge on any atom is 0.258 e. The number of carbonyl (C=O) groups is 4. The van der Waals surface area contributed by atoms with Crippen LogP contribution >= 0.6 is 34.8 Å². The predicted molar refractivity (Wildman–Crippen MR) is 151 cm³/mol. The van der Waals surface area contributed by atoms with Crippen molar-refractivity contribution in [2.45, 2.75) is 54.8 Å². The molecule has 2 aliphatic carbocycles. The number of fused-ring (bicyclic) bond motifs is 4. The number of likely N-dealkylation sites (tertiary alicyclic amines) is 1. The highest BCUT2D eigenvalue weighted by molar-refractivity contribution is 6.58. The quantitative estimate of drug-likeness (QED) is 0.103. The third-order valence-corrected chi connectivity index (χ3v) is 10.9. The van der Waals surface area contributed by atoms with E-state index in [1.165, 1.54) is 12.1 Å². The predicted octanol–water partition coefficient (Wildman–Crippen LogP) is 6.10. The van der Waals surface area contributed by atoms with E-state index in [1.54, 1.807) is 26.8 Å². The smallest absolute Gasteiger partial charge is 0.258 e. The van der Waals surface area contributed by atoms with Crippen molar-refractivity contribution >= 4 is 64.1 Å². The number of halogens is 8. The van der Waals surface area contributed by atoms with E-state index in [2.05, 4.69) is 0 Å². The van der Waals surface area contributed by atoms with Crippen molar-refractivity contribution in [3.8, 4) is 5.75 Å². The summed E-state index contributed by atoms with van der Waals surface area (Å²) in [6.45, 7) is 4.97. The van der Waals surface area contributed by atoms with E-state index in [0.29, 0.717) is 0 Å². The second-order valence-electron chi connectivity index (χ2n) is 12.6. The minimum Gasteiger partial charge on any atom is -0.508 e. The zero-order valence-corrected chi connectivity index (χ0v) is 25.8. The number of rotatable bonds is 2. The van der Waals surface area contributed by atoms with Gasteiger partial charge in [0.1, 0.15) is 11.4 Å². The molecule has 2 aromatic rings. The van der Waals surface area contributed by atoms with Crippen LogP contribution < -0.4 is 4.90 Å². The molecular formula is C30H22Cl3F5N2O5.